The maximum absolute atomic E-state index is 13.3. The second kappa shape index (κ2) is 6.16. The molecule has 0 aromatic heterocycles. The summed E-state index contributed by atoms with van der Waals surface area (Å²) < 4.78 is 14.2. The highest BCUT2D eigenvalue weighted by Gasteiger charge is 2.28. The third-order valence-electron chi connectivity index (χ3n) is 4.12. The highest BCUT2D eigenvalue weighted by molar-refractivity contribution is 9.10. The van der Waals surface area contributed by atoms with Gasteiger partial charge < -0.3 is 5.11 Å². The van der Waals surface area contributed by atoms with Gasteiger partial charge in [-0.25, -0.2) is 4.39 Å². The lowest BCUT2D eigenvalue weighted by atomic mass is 9.76. The Morgan fingerprint density at radius 2 is 2.17 bits per heavy atom. The van der Waals surface area contributed by atoms with Crippen LogP contribution in [0.15, 0.2) is 22.7 Å². The van der Waals surface area contributed by atoms with Gasteiger partial charge in [0.25, 0.3) is 0 Å². The van der Waals surface area contributed by atoms with Crippen LogP contribution in [0.3, 0.4) is 0 Å². The van der Waals surface area contributed by atoms with Gasteiger partial charge in [-0.1, -0.05) is 29.3 Å². The van der Waals surface area contributed by atoms with Crippen molar-refractivity contribution in [1.29, 1.82) is 0 Å². The summed E-state index contributed by atoms with van der Waals surface area (Å²) in [4.78, 5) is 0. The zero-order valence-electron chi connectivity index (χ0n) is 10.7. The predicted molar refractivity (Wildman–Crippen MR) is 74.9 cm³/mol. The molecule has 3 heteroatoms. The largest absolute Gasteiger partial charge is 0.393 e. The van der Waals surface area contributed by atoms with E-state index in [1.807, 2.05) is 0 Å². The number of halogens is 2. The van der Waals surface area contributed by atoms with E-state index >= 15 is 0 Å². The lowest BCUT2D eigenvalue weighted by Crippen LogP contribution is -2.30. The second-order valence-corrected chi connectivity index (χ2v) is 6.21. The van der Waals surface area contributed by atoms with Gasteiger partial charge in [-0.15, -0.1) is 0 Å². The molecule has 1 fully saturated rings. The van der Waals surface area contributed by atoms with E-state index in [-0.39, 0.29) is 17.8 Å². The van der Waals surface area contributed by atoms with Crippen LogP contribution in [0.4, 0.5) is 4.39 Å². The summed E-state index contributed by atoms with van der Waals surface area (Å²) in [5, 5.41) is 10.1. The first-order valence-electron chi connectivity index (χ1n) is 6.72. The highest BCUT2D eigenvalue weighted by atomic mass is 79.9. The molecule has 3 atom stereocenters. The lowest BCUT2D eigenvalue weighted by molar-refractivity contribution is 0.0474. The molecule has 3 unspecified atom stereocenters. The van der Waals surface area contributed by atoms with Gasteiger partial charge in [0.05, 0.1) is 6.10 Å². The number of benzene rings is 1. The van der Waals surface area contributed by atoms with Gasteiger partial charge in [0.2, 0.25) is 0 Å². The van der Waals surface area contributed by atoms with Crippen molar-refractivity contribution < 1.29 is 9.50 Å². The number of hydrogen-bond donors (Lipinski definition) is 1. The number of aliphatic hydroxyl groups is 1. The topological polar surface area (TPSA) is 20.2 Å². The summed E-state index contributed by atoms with van der Waals surface area (Å²) in [6.45, 7) is 2.21. The summed E-state index contributed by atoms with van der Waals surface area (Å²) in [5.41, 5.74) is 0.968. The summed E-state index contributed by atoms with van der Waals surface area (Å²) in [5.74, 6) is 0.776. The minimum Gasteiger partial charge on any atom is -0.393 e. The molecule has 0 radical (unpaired) electrons. The van der Waals surface area contributed by atoms with Crippen LogP contribution in [0.5, 0.6) is 0 Å². The summed E-state index contributed by atoms with van der Waals surface area (Å²) in [6, 6.07) is 4.78. The molecule has 1 saturated carbocycles. The van der Waals surface area contributed by atoms with E-state index in [1.54, 1.807) is 12.1 Å². The Morgan fingerprint density at radius 3 is 2.89 bits per heavy atom. The smallest absolute Gasteiger partial charge is 0.123 e. The van der Waals surface area contributed by atoms with Crippen LogP contribution < -0.4 is 0 Å². The summed E-state index contributed by atoms with van der Waals surface area (Å²) in [7, 11) is 0. The molecule has 100 valence electrons. The average molecular weight is 315 g/mol. The van der Waals surface area contributed by atoms with Crippen molar-refractivity contribution in [3.8, 4) is 0 Å². The molecule has 18 heavy (non-hydrogen) atoms. The Kier molecular flexibility index (Phi) is 4.79. The van der Waals surface area contributed by atoms with Crippen LogP contribution in [0.25, 0.3) is 0 Å². The van der Waals surface area contributed by atoms with Gasteiger partial charge >= 0.3 is 0 Å². The third kappa shape index (κ3) is 3.33. The molecule has 1 aromatic rings. The monoisotopic (exact) mass is 314 g/mol. The Bertz CT molecular complexity index is 407. The molecule has 0 amide bonds. The third-order valence-corrected chi connectivity index (χ3v) is 4.89. The summed E-state index contributed by atoms with van der Waals surface area (Å²) >= 11 is 3.46. The molecule has 1 N–H and O–H groups in total. The number of rotatable bonds is 3. The molecule has 1 aromatic carbocycles. The Labute approximate surface area is 117 Å². The first-order chi connectivity index (χ1) is 8.60. The Morgan fingerprint density at radius 1 is 1.39 bits per heavy atom. The molecule has 0 spiro atoms. The molecular formula is C15H20BrFO. The molecule has 0 aliphatic heterocycles. The van der Waals surface area contributed by atoms with Crippen LogP contribution in [0.2, 0.25) is 0 Å². The van der Waals surface area contributed by atoms with E-state index < -0.39 is 0 Å². The van der Waals surface area contributed by atoms with Gasteiger partial charge in [-0.3, -0.25) is 0 Å². The zero-order chi connectivity index (χ0) is 13.1. The van der Waals surface area contributed by atoms with Gasteiger partial charge in [-0.05, 0) is 61.3 Å². The minimum absolute atomic E-state index is 0.203. The van der Waals surface area contributed by atoms with E-state index in [9.17, 15) is 9.50 Å². The molecule has 0 bridgehead atoms. The molecule has 0 heterocycles. The van der Waals surface area contributed by atoms with Crippen molar-refractivity contribution in [3.05, 3.63) is 34.1 Å². The molecule has 1 aliphatic rings. The highest BCUT2D eigenvalue weighted by Crippen LogP contribution is 2.34. The fraction of sp³-hybridized carbons (Fsp3) is 0.600. The van der Waals surface area contributed by atoms with Crippen molar-refractivity contribution in [2.24, 2.45) is 11.8 Å². The van der Waals surface area contributed by atoms with Crippen molar-refractivity contribution >= 4 is 15.9 Å². The molecular weight excluding hydrogens is 295 g/mol. The molecule has 1 aliphatic carbocycles. The Balaban J connectivity index is 2.09. The van der Waals surface area contributed by atoms with E-state index in [0.717, 1.165) is 35.7 Å². The normalized spacial score (nSPS) is 28.3. The van der Waals surface area contributed by atoms with E-state index in [2.05, 4.69) is 22.9 Å². The minimum atomic E-state index is -0.233. The van der Waals surface area contributed by atoms with E-state index in [0.29, 0.717) is 5.92 Å². The molecule has 0 saturated heterocycles. The fourth-order valence-corrected chi connectivity index (χ4v) is 3.33. The van der Waals surface area contributed by atoms with E-state index in [4.69, 9.17) is 0 Å². The Hall–Kier alpha value is -0.410. The number of aliphatic hydroxyl groups excluding tert-OH is 1. The van der Waals surface area contributed by atoms with Gasteiger partial charge in [0, 0.05) is 4.47 Å². The maximum atomic E-state index is 13.3. The average Bonchev–Trinajstić information content (AvgIpc) is 2.36. The van der Waals surface area contributed by atoms with Crippen molar-refractivity contribution in [2.45, 2.75) is 45.1 Å². The first-order valence-corrected chi connectivity index (χ1v) is 7.51. The maximum Gasteiger partial charge on any atom is 0.123 e. The summed E-state index contributed by atoms with van der Waals surface area (Å²) in [6.07, 6.45) is 4.77. The number of hydrogen-bond acceptors (Lipinski definition) is 1. The predicted octanol–water partition coefficient (Wildman–Crippen LogP) is 4.32. The fourth-order valence-electron chi connectivity index (χ4n) is 2.92. The van der Waals surface area contributed by atoms with Crippen LogP contribution in [-0.4, -0.2) is 11.2 Å². The quantitative estimate of drug-likeness (QED) is 0.881. The van der Waals surface area contributed by atoms with Gasteiger partial charge in [-0.2, -0.15) is 0 Å². The second-order valence-electron chi connectivity index (χ2n) is 5.35. The van der Waals surface area contributed by atoms with Crippen molar-refractivity contribution in [2.75, 3.05) is 0 Å². The molecule has 1 nitrogen and oxygen atoms in total. The van der Waals surface area contributed by atoms with Crippen LogP contribution in [0, 0.1) is 17.7 Å². The molecule has 2 rings (SSSR count). The van der Waals surface area contributed by atoms with E-state index in [1.165, 1.54) is 12.5 Å². The van der Waals surface area contributed by atoms with Crippen LogP contribution >= 0.6 is 15.9 Å². The SMILES string of the molecule is CCC1CCC(O)C(Cc2cc(F)ccc2Br)C1. The lowest BCUT2D eigenvalue weighted by Gasteiger charge is -2.33. The zero-order valence-corrected chi connectivity index (χ0v) is 12.3. The standard InChI is InChI=1S/C15H20BrFO/c1-2-10-3-6-15(18)12(7-10)8-11-9-13(17)4-5-14(11)16/h4-5,9-10,12,15,18H,2-3,6-8H2,1H3. The van der Waals surface area contributed by atoms with Crippen LogP contribution in [-0.2, 0) is 6.42 Å². The first kappa shape index (κ1) is 14.0. The van der Waals surface area contributed by atoms with Crippen molar-refractivity contribution in [3.63, 3.8) is 0 Å². The van der Waals surface area contributed by atoms with Gasteiger partial charge in [0.1, 0.15) is 5.82 Å². The van der Waals surface area contributed by atoms with Gasteiger partial charge in [0.15, 0.2) is 0 Å². The van der Waals surface area contributed by atoms with Crippen LogP contribution in [0.1, 0.15) is 38.2 Å². The van der Waals surface area contributed by atoms with Crippen molar-refractivity contribution in [1.82, 2.24) is 0 Å².